The summed E-state index contributed by atoms with van der Waals surface area (Å²) in [6.07, 6.45) is -5.49. The fourth-order valence-electron chi connectivity index (χ4n) is 6.27. The molecule has 13 nitrogen and oxygen atoms in total. The van der Waals surface area contributed by atoms with Crippen LogP contribution in [-0.2, 0) is 25.4 Å². The average Bonchev–Trinajstić information content (AvgIpc) is 3.48. The van der Waals surface area contributed by atoms with E-state index in [4.69, 9.17) is 36.9 Å². The van der Waals surface area contributed by atoms with E-state index in [0.29, 0.717) is 3.14 Å². The Morgan fingerprint density at radius 1 is 1.15 bits per heavy atom. The Morgan fingerprint density at radius 2 is 1.87 bits per heavy atom. The van der Waals surface area contributed by atoms with Crippen molar-refractivity contribution in [3.8, 4) is 17.2 Å². The van der Waals surface area contributed by atoms with Gasteiger partial charge in [-0.05, 0) is 13.0 Å². The summed E-state index contributed by atoms with van der Waals surface area (Å²) in [6.45, 7) is 0.712. The molecule has 0 saturated carbocycles. The van der Waals surface area contributed by atoms with Crippen molar-refractivity contribution in [1.29, 1.82) is 0 Å². The van der Waals surface area contributed by atoms with Crippen molar-refractivity contribution in [2.75, 3.05) is 13.7 Å². The Hall–Kier alpha value is -3.61. The topological polar surface area (TPSA) is 212 Å². The Labute approximate surface area is 280 Å². The second kappa shape index (κ2) is 12.4. The quantitative estimate of drug-likeness (QED) is 0.106. The van der Waals surface area contributed by atoms with E-state index < -0.39 is 102 Å². The Balaban J connectivity index is 1.42. The number of carbonyl (C=O) groups is 4. The van der Waals surface area contributed by atoms with Crippen molar-refractivity contribution in [2.24, 2.45) is 5.73 Å². The minimum absolute atomic E-state index is 0.0202. The zero-order chi connectivity index (χ0) is 33.9. The molecule has 1 aromatic heterocycles. The lowest BCUT2D eigenvalue weighted by Crippen LogP contribution is -2.53. The summed E-state index contributed by atoms with van der Waals surface area (Å²) in [5.41, 5.74) is 2.17. The number of phenols is 2. The number of fused-ring (bicyclic) bond motifs is 3. The average molecular weight is 704 g/mol. The first-order valence-corrected chi connectivity index (χ1v) is 16.5. The van der Waals surface area contributed by atoms with E-state index in [1.54, 1.807) is 6.92 Å². The highest BCUT2D eigenvalue weighted by Crippen LogP contribution is 2.52. The Bertz CT molecular complexity index is 1870. The maximum atomic E-state index is 13.8. The highest BCUT2D eigenvalue weighted by atomic mass is 32.2. The van der Waals surface area contributed by atoms with Gasteiger partial charge in [-0.3, -0.25) is 14.4 Å². The molecule has 6 atom stereocenters. The number of methoxy groups -OCH3 is 1. The lowest BCUT2D eigenvalue weighted by molar-refractivity contribution is -0.247. The summed E-state index contributed by atoms with van der Waals surface area (Å²) >= 11 is 7.20. The van der Waals surface area contributed by atoms with Gasteiger partial charge in [-0.15, -0.1) is 22.7 Å². The number of Topliss-reactive ketones (excluding diaryl/α,β-unsaturated/α-hetero) is 1. The zero-order valence-corrected chi connectivity index (χ0v) is 27.3. The number of aliphatic hydroxyl groups excluding tert-OH is 1. The number of ketones is 3. The van der Waals surface area contributed by atoms with Crippen LogP contribution in [0.2, 0.25) is 0 Å². The summed E-state index contributed by atoms with van der Waals surface area (Å²) < 4.78 is 22.9. The van der Waals surface area contributed by atoms with Gasteiger partial charge in [0.05, 0.1) is 42.1 Å². The zero-order valence-electron chi connectivity index (χ0n) is 24.9. The molecular weight excluding hydrogens is 675 g/mol. The molecule has 0 bridgehead atoms. The van der Waals surface area contributed by atoms with Gasteiger partial charge in [-0.2, -0.15) is 0 Å². The smallest absolute Gasteiger partial charge is 0.349 e. The number of aromatic hydroxyl groups is 2. The first-order valence-electron chi connectivity index (χ1n) is 14.4. The van der Waals surface area contributed by atoms with E-state index in [-0.39, 0.29) is 39.3 Å². The molecule has 2 aliphatic carbocycles. The number of carbonyl (C=O) groups excluding carboxylic acids is 4. The largest absolute Gasteiger partial charge is 0.507 e. The van der Waals surface area contributed by atoms with Gasteiger partial charge in [-0.25, -0.2) is 4.79 Å². The molecule has 3 aliphatic rings. The van der Waals surface area contributed by atoms with Crippen LogP contribution < -0.4 is 10.5 Å². The number of benzene rings is 2. The van der Waals surface area contributed by atoms with E-state index in [9.17, 15) is 39.6 Å². The first-order chi connectivity index (χ1) is 22.2. The second-order valence-electron chi connectivity index (χ2n) is 11.5. The summed E-state index contributed by atoms with van der Waals surface area (Å²) in [4.78, 5) is 53.8. The van der Waals surface area contributed by atoms with Crippen LogP contribution in [0.15, 0.2) is 23.6 Å². The molecule has 0 unspecified atom stereocenters. The van der Waals surface area contributed by atoms with Gasteiger partial charge >= 0.3 is 5.97 Å². The van der Waals surface area contributed by atoms with E-state index in [0.717, 1.165) is 22.7 Å². The molecule has 1 aliphatic heterocycles. The summed E-state index contributed by atoms with van der Waals surface area (Å²) in [7, 11) is 1.32. The number of hydrogen-bond acceptors (Lipinski definition) is 16. The minimum Gasteiger partial charge on any atom is -0.507 e. The molecule has 248 valence electrons. The predicted molar refractivity (Wildman–Crippen MR) is 168 cm³/mol. The van der Waals surface area contributed by atoms with Crippen molar-refractivity contribution >= 4 is 58.2 Å². The number of hydrogen-bond donors (Lipinski definition) is 5. The lowest BCUT2D eigenvalue weighted by Gasteiger charge is -2.42. The SMILES string of the molecule is COc1cccc2c1C(=O)c1c(O)c3c(c(O)c1C2=O)C[C@@](O)(C(=O)COC(=O)c1csc(=S)s1)C[C@@H]3O[C@H]1C[C@H](N)[C@H](O)[C@H](C)O1. The maximum absolute atomic E-state index is 13.8. The molecule has 2 heterocycles. The van der Waals surface area contributed by atoms with Crippen LogP contribution in [-0.4, -0.2) is 87.6 Å². The third-order valence-electron chi connectivity index (χ3n) is 8.65. The molecule has 0 radical (unpaired) electrons. The van der Waals surface area contributed by atoms with Crippen LogP contribution in [0.5, 0.6) is 17.2 Å². The Kier molecular flexibility index (Phi) is 8.82. The molecule has 0 spiro atoms. The van der Waals surface area contributed by atoms with Crippen molar-refractivity contribution in [3.63, 3.8) is 0 Å². The molecule has 6 N–H and O–H groups in total. The third-order valence-corrected chi connectivity index (χ3v) is 11.1. The van der Waals surface area contributed by atoms with Gasteiger partial charge in [-0.1, -0.05) is 24.4 Å². The number of ether oxygens (including phenoxy) is 4. The molecular formula is C31H29NO12S3. The predicted octanol–water partition coefficient (Wildman–Crippen LogP) is 2.72. The van der Waals surface area contributed by atoms with E-state index in [2.05, 4.69) is 0 Å². The van der Waals surface area contributed by atoms with E-state index >= 15 is 0 Å². The van der Waals surface area contributed by atoms with Crippen LogP contribution in [0, 0.1) is 3.14 Å². The van der Waals surface area contributed by atoms with Gasteiger partial charge in [0.25, 0.3) is 0 Å². The molecule has 0 amide bonds. The van der Waals surface area contributed by atoms with Crippen LogP contribution >= 0.6 is 34.9 Å². The summed E-state index contributed by atoms with van der Waals surface area (Å²) in [5, 5.41) is 46.8. The number of aliphatic hydroxyl groups is 2. The molecule has 16 heteroatoms. The highest BCUT2D eigenvalue weighted by molar-refractivity contribution is 7.76. The number of nitrogens with two attached hydrogens (primary N) is 1. The van der Waals surface area contributed by atoms with E-state index in [1.165, 1.54) is 30.7 Å². The molecule has 1 fully saturated rings. The second-order valence-corrected chi connectivity index (χ2v) is 14.6. The fraction of sp³-hybridized carbons (Fsp3) is 0.387. The fourth-order valence-corrected chi connectivity index (χ4v) is 8.25. The maximum Gasteiger partial charge on any atom is 0.349 e. The number of phenolic OH excluding ortho intramolecular Hbond substituents is 2. The lowest BCUT2D eigenvalue weighted by atomic mass is 9.72. The number of esters is 1. The van der Waals surface area contributed by atoms with Crippen LogP contribution in [0.3, 0.4) is 0 Å². The molecule has 47 heavy (non-hydrogen) atoms. The molecule has 1 saturated heterocycles. The highest BCUT2D eigenvalue weighted by Gasteiger charge is 2.50. The van der Waals surface area contributed by atoms with Crippen molar-refractivity contribution in [3.05, 3.63) is 65.0 Å². The third kappa shape index (κ3) is 5.67. The van der Waals surface area contributed by atoms with Crippen molar-refractivity contribution < 1.29 is 58.6 Å². The standard InChI is InChI=1S/C31H29NO12S3/c1-11-24(34)14(32)6-19(43-11)44-16-8-31(40,18(33)9-42-29(39)17-10-46-30(45)47-17)7-13-21(16)28(38)23-22(26(13)36)25(35)12-4-3-5-15(41-2)20(12)27(23)37/h3-5,10-11,14,16,19,24,34,36,38,40H,6-9,32H2,1-2H3/t11-,14-,16-,19-,24+,31-/m0/s1. The van der Waals surface area contributed by atoms with Gasteiger partial charge in [0.1, 0.15) is 30.9 Å². The van der Waals surface area contributed by atoms with Gasteiger partial charge in [0.15, 0.2) is 18.7 Å². The molecule has 2 aromatic carbocycles. The number of rotatable bonds is 7. The van der Waals surface area contributed by atoms with Gasteiger partial charge < -0.3 is 45.1 Å². The Morgan fingerprint density at radius 3 is 2.53 bits per heavy atom. The molecule has 3 aromatic rings. The van der Waals surface area contributed by atoms with E-state index in [1.807, 2.05) is 0 Å². The molecule has 6 rings (SSSR count). The normalized spacial score (nSPS) is 26.6. The minimum atomic E-state index is -2.35. The summed E-state index contributed by atoms with van der Waals surface area (Å²) in [5.74, 6) is -4.72. The first kappa shape index (κ1) is 33.3. The van der Waals surface area contributed by atoms with Crippen LogP contribution in [0.25, 0.3) is 0 Å². The van der Waals surface area contributed by atoms with Crippen molar-refractivity contribution in [2.45, 2.75) is 62.4 Å². The van der Waals surface area contributed by atoms with Gasteiger partial charge in [0.2, 0.25) is 11.6 Å². The van der Waals surface area contributed by atoms with Gasteiger partial charge in [0, 0.05) is 47.4 Å². The van der Waals surface area contributed by atoms with Crippen LogP contribution in [0.4, 0.5) is 0 Å². The summed E-state index contributed by atoms with van der Waals surface area (Å²) in [6, 6.07) is 3.57. The monoisotopic (exact) mass is 703 g/mol. The van der Waals surface area contributed by atoms with Crippen LogP contribution in [0.1, 0.15) is 78.5 Å². The van der Waals surface area contributed by atoms with Crippen molar-refractivity contribution in [1.82, 2.24) is 0 Å².